The van der Waals surface area contributed by atoms with Crippen molar-refractivity contribution in [3.05, 3.63) is 120 Å². The lowest BCUT2D eigenvalue weighted by atomic mass is 10.0. The van der Waals surface area contributed by atoms with Crippen LogP contribution >= 0.6 is 0 Å². The quantitative estimate of drug-likeness (QED) is 0.0606. The molecule has 3 aromatic rings. The third kappa shape index (κ3) is 11.4. The second-order valence-electron chi connectivity index (χ2n) is 10.6. The summed E-state index contributed by atoms with van der Waals surface area (Å²) in [5, 5.41) is 0. The Morgan fingerprint density at radius 1 is 0.583 bits per heavy atom. The Morgan fingerprint density at radius 2 is 1.19 bits per heavy atom. The lowest BCUT2D eigenvalue weighted by Gasteiger charge is -2.15. The molecule has 48 heavy (non-hydrogen) atoms. The zero-order valence-corrected chi connectivity index (χ0v) is 27.7. The highest BCUT2D eigenvalue weighted by atomic mass is 16.6. The number of para-hydroxylation sites is 4. The number of methoxy groups -OCH3 is 2. The topological polar surface area (TPSA) is 116 Å². The summed E-state index contributed by atoms with van der Waals surface area (Å²) in [6.07, 6.45) is 0.821. The fourth-order valence-corrected chi connectivity index (χ4v) is 4.44. The molecule has 254 valence electrons. The van der Waals surface area contributed by atoms with Gasteiger partial charge in [-0.2, -0.15) is 0 Å². The maximum Gasteiger partial charge on any atom is 0.333 e. The van der Waals surface area contributed by atoms with Crippen molar-refractivity contribution in [2.45, 2.75) is 32.8 Å². The van der Waals surface area contributed by atoms with Crippen molar-refractivity contribution in [1.29, 1.82) is 0 Å². The second kappa shape index (κ2) is 19.2. The van der Waals surface area contributed by atoms with Crippen LogP contribution in [-0.2, 0) is 48.0 Å². The highest BCUT2D eigenvalue weighted by molar-refractivity contribution is 5.88. The summed E-state index contributed by atoms with van der Waals surface area (Å²) in [5.74, 6) is 0.680. The normalized spacial score (nSPS) is 10.3. The highest BCUT2D eigenvalue weighted by Gasteiger charge is 2.17. The monoisotopic (exact) mass is 658 g/mol. The fourth-order valence-electron chi connectivity index (χ4n) is 4.44. The zero-order valence-electron chi connectivity index (χ0n) is 27.7. The van der Waals surface area contributed by atoms with Gasteiger partial charge in [-0.1, -0.05) is 68.3 Å². The first kappa shape index (κ1) is 37.0. The minimum atomic E-state index is -0.544. The van der Waals surface area contributed by atoms with Gasteiger partial charge in [0.2, 0.25) is 0 Å². The van der Waals surface area contributed by atoms with Gasteiger partial charge in [-0.25, -0.2) is 14.4 Å². The predicted octanol–water partition coefficient (Wildman–Crippen LogP) is 6.16. The summed E-state index contributed by atoms with van der Waals surface area (Å²) >= 11 is 0. The Morgan fingerprint density at radius 3 is 1.90 bits per heavy atom. The molecule has 0 saturated heterocycles. The molecule has 10 nitrogen and oxygen atoms in total. The van der Waals surface area contributed by atoms with Crippen LogP contribution in [0.4, 0.5) is 0 Å². The van der Waals surface area contributed by atoms with Gasteiger partial charge in [0.25, 0.3) is 0 Å². The number of hydrogen-bond donors (Lipinski definition) is 0. The van der Waals surface area contributed by atoms with E-state index in [0.29, 0.717) is 40.6 Å². The predicted molar refractivity (Wildman–Crippen MR) is 180 cm³/mol. The minimum Gasteiger partial charge on any atom is -0.496 e. The third-order valence-corrected chi connectivity index (χ3v) is 6.95. The first-order valence-electron chi connectivity index (χ1n) is 15.3. The Balaban J connectivity index is 1.43. The maximum atomic E-state index is 12.6. The van der Waals surface area contributed by atoms with E-state index in [1.165, 1.54) is 7.11 Å². The van der Waals surface area contributed by atoms with Gasteiger partial charge < -0.3 is 33.2 Å². The van der Waals surface area contributed by atoms with Crippen molar-refractivity contribution < 1.29 is 47.5 Å². The number of carbonyl (C=O) groups excluding carboxylic acids is 3. The van der Waals surface area contributed by atoms with Crippen LogP contribution in [0.25, 0.3) is 0 Å². The highest BCUT2D eigenvalue weighted by Crippen LogP contribution is 2.28. The lowest BCUT2D eigenvalue weighted by molar-refractivity contribution is -0.140. The minimum absolute atomic E-state index is 0.0364. The average molecular weight is 659 g/mol. The van der Waals surface area contributed by atoms with Gasteiger partial charge >= 0.3 is 17.9 Å². The van der Waals surface area contributed by atoms with Crippen molar-refractivity contribution in [3.8, 4) is 23.0 Å². The number of rotatable bonds is 20. The maximum absolute atomic E-state index is 12.6. The van der Waals surface area contributed by atoms with E-state index in [0.717, 1.165) is 11.1 Å². The molecule has 0 amide bonds. The van der Waals surface area contributed by atoms with Gasteiger partial charge in [0.1, 0.15) is 31.3 Å². The van der Waals surface area contributed by atoms with Crippen LogP contribution in [0.5, 0.6) is 23.0 Å². The van der Waals surface area contributed by atoms with Crippen molar-refractivity contribution in [2.24, 2.45) is 0 Å². The van der Waals surface area contributed by atoms with Gasteiger partial charge in [-0.05, 0) is 36.2 Å². The number of esters is 3. The molecule has 0 aliphatic rings. The molecule has 3 rings (SSSR count). The Labute approximate surface area is 281 Å². The first-order valence-corrected chi connectivity index (χ1v) is 15.3. The Kier molecular flexibility index (Phi) is 14.8. The second-order valence-corrected chi connectivity index (χ2v) is 10.6. The molecule has 0 aliphatic carbocycles. The van der Waals surface area contributed by atoms with Crippen LogP contribution in [0.3, 0.4) is 0 Å². The van der Waals surface area contributed by atoms with E-state index < -0.39 is 17.9 Å². The van der Waals surface area contributed by atoms with E-state index in [-0.39, 0.29) is 57.0 Å². The number of ether oxygens (including phenoxy) is 7. The molecule has 0 saturated carbocycles. The van der Waals surface area contributed by atoms with Gasteiger partial charge in [-0.15, -0.1) is 0 Å². The van der Waals surface area contributed by atoms with Crippen LogP contribution in [0.1, 0.15) is 30.0 Å². The summed E-state index contributed by atoms with van der Waals surface area (Å²) in [4.78, 5) is 36.9. The molecule has 0 atom stereocenters. The van der Waals surface area contributed by atoms with Gasteiger partial charge in [0.15, 0.2) is 11.5 Å². The summed E-state index contributed by atoms with van der Waals surface area (Å²) < 4.78 is 38.4. The molecule has 0 spiro atoms. The van der Waals surface area contributed by atoms with Crippen LogP contribution in [0.15, 0.2) is 103 Å². The molecule has 0 N–H and O–H groups in total. The van der Waals surface area contributed by atoms with Crippen LogP contribution in [0, 0.1) is 0 Å². The molecule has 0 radical (unpaired) electrons. The van der Waals surface area contributed by atoms with E-state index in [9.17, 15) is 14.4 Å². The van der Waals surface area contributed by atoms with Crippen LogP contribution in [-0.4, -0.2) is 58.6 Å². The van der Waals surface area contributed by atoms with Gasteiger partial charge in [-0.3, -0.25) is 0 Å². The first-order chi connectivity index (χ1) is 23.1. The number of hydrogen-bond acceptors (Lipinski definition) is 10. The van der Waals surface area contributed by atoms with Crippen molar-refractivity contribution in [2.75, 3.05) is 40.6 Å². The molecule has 0 bridgehead atoms. The molecule has 3 aromatic carbocycles. The van der Waals surface area contributed by atoms with Crippen molar-refractivity contribution in [1.82, 2.24) is 0 Å². The van der Waals surface area contributed by atoms with Gasteiger partial charge in [0, 0.05) is 41.5 Å². The molecule has 0 aliphatic heterocycles. The molecular weight excluding hydrogens is 616 g/mol. The fraction of sp³-hybridized carbons (Fsp3) is 0.289. The summed E-state index contributed by atoms with van der Waals surface area (Å²) in [6.45, 7) is 13.4. The molecule has 0 fully saturated rings. The Bertz CT molecular complexity index is 1610. The Hall–Kier alpha value is -5.51. The lowest BCUT2D eigenvalue weighted by Crippen LogP contribution is -2.15. The standard InChI is InChI=1S/C38H42O10/c1-26(2)36(39)48-25-31-12-7-8-15-32(31)44-20-18-27(3)37(40)46-21-19-29-13-11-14-30(35(29)43-6)24-28(4)38(41)47-23-22-45-34-17-10-9-16-33(34)42-5/h7-17H,1,3-4,18-25H2,2,5-6H3. The van der Waals surface area contributed by atoms with E-state index in [1.807, 2.05) is 36.4 Å². The largest absolute Gasteiger partial charge is 0.496 e. The average Bonchev–Trinajstić information content (AvgIpc) is 3.09. The third-order valence-electron chi connectivity index (χ3n) is 6.95. The van der Waals surface area contributed by atoms with E-state index in [1.54, 1.807) is 44.4 Å². The molecule has 0 aromatic heterocycles. The van der Waals surface area contributed by atoms with Gasteiger partial charge in [0.05, 0.1) is 27.4 Å². The number of benzene rings is 3. The summed E-state index contributed by atoms with van der Waals surface area (Å²) in [5.41, 5.74) is 3.04. The SMILES string of the molecule is C=C(C)C(=O)OCc1ccccc1OCCC(=C)C(=O)OCCc1cccc(CC(=C)C(=O)OCCOc2ccccc2OC)c1OC. The van der Waals surface area contributed by atoms with Crippen LogP contribution in [0.2, 0.25) is 0 Å². The molecule has 10 heteroatoms. The van der Waals surface area contributed by atoms with Crippen LogP contribution < -0.4 is 18.9 Å². The van der Waals surface area contributed by atoms with E-state index in [2.05, 4.69) is 19.7 Å². The number of carbonyl (C=O) groups is 3. The van der Waals surface area contributed by atoms with Crippen molar-refractivity contribution >= 4 is 17.9 Å². The molecule has 0 unspecified atom stereocenters. The van der Waals surface area contributed by atoms with E-state index in [4.69, 9.17) is 33.2 Å². The van der Waals surface area contributed by atoms with Crippen molar-refractivity contribution in [3.63, 3.8) is 0 Å². The molecule has 0 heterocycles. The summed E-state index contributed by atoms with van der Waals surface area (Å²) in [7, 11) is 3.09. The molecular formula is C38H42O10. The zero-order chi connectivity index (χ0) is 34.9. The summed E-state index contributed by atoms with van der Waals surface area (Å²) in [6, 6.07) is 19.9. The van der Waals surface area contributed by atoms with E-state index >= 15 is 0 Å². The smallest absolute Gasteiger partial charge is 0.333 e.